The van der Waals surface area contributed by atoms with Crippen molar-refractivity contribution in [1.29, 1.82) is 0 Å². The summed E-state index contributed by atoms with van der Waals surface area (Å²) in [7, 11) is 3.67. The Morgan fingerprint density at radius 1 is 1.40 bits per heavy atom. The van der Waals surface area contributed by atoms with Crippen LogP contribution in [0, 0.1) is 0 Å². The highest BCUT2D eigenvalue weighted by atomic mass is 32.2. The van der Waals surface area contributed by atoms with Crippen molar-refractivity contribution in [3.8, 4) is 0 Å². The van der Waals surface area contributed by atoms with E-state index in [1.807, 2.05) is 7.05 Å². The zero-order valence-electron chi connectivity index (χ0n) is 12.0. The Morgan fingerprint density at radius 3 is 2.60 bits per heavy atom. The highest BCUT2D eigenvalue weighted by Gasteiger charge is 2.12. The third kappa shape index (κ3) is 3.32. The van der Waals surface area contributed by atoms with Gasteiger partial charge in [0.15, 0.2) is 5.16 Å². The van der Waals surface area contributed by atoms with Gasteiger partial charge in [0, 0.05) is 18.8 Å². The van der Waals surface area contributed by atoms with Gasteiger partial charge in [-0.15, -0.1) is 5.10 Å². The average Bonchev–Trinajstić information content (AvgIpc) is 2.80. The summed E-state index contributed by atoms with van der Waals surface area (Å²) in [4.78, 5) is 11.3. The first kappa shape index (κ1) is 14.9. The van der Waals surface area contributed by atoms with Crippen LogP contribution >= 0.6 is 11.8 Å². The molecule has 20 heavy (non-hydrogen) atoms. The first-order chi connectivity index (χ1) is 9.65. The van der Waals surface area contributed by atoms with Crippen molar-refractivity contribution in [2.45, 2.75) is 24.5 Å². The molecule has 0 saturated heterocycles. The largest absolute Gasteiger partial charge is 0.343 e. The SMILES string of the molecule is CCc1ccc(C(CSc2n[nH]c(=O)n2C)NC)cc1. The van der Waals surface area contributed by atoms with Crippen LogP contribution in [0.3, 0.4) is 0 Å². The molecule has 1 unspecified atom stereocenters. The van der Waals surface area contributed by atoms with Crippen molar-refractivity contribution in [2.75, 3.05) is 12.8 Å². The molecule has 0 aliphatic carbocycles. The van der Waals surface area contributed by atoms with Gasteiger partial charge in [-0.25, -0.2) is 9.89 Å². The number of benzene rings is 1. The molecule has 2 N–H and O–H groups in total. The Balaban J connectivity index is 2.04. The molecule has 0 fully saturated rings. The zero-order valence-corrected chi connectivity index (χ0v) is 12.8. The summed E-state index contributed by atoms with van der Waals surface area (Å²) in [5, 5.41) is 10.5. The van der Waals surface area contributed by atoms with Crippen LogP contribution in [0.4, 0.5) is 0 Å². The molecule has 6 heteroatoms. The Labute approximate surface area is 122 Å². The minimum absolute atomic E-state index is 0.180. The van der Waals surface area contributed by atoms with Gasteiger partial charge in [-0.1, -0.05) is 43.0 Å². The highest BCUT2D eigenvalue weighted by Crippen LogP contribution is 2.22. The maximum atomic E-state index is 11.3. The molecule has 0 amide bonds. The molecular weight excluding hydrogens is 272 g/mol. The quantitative estimate of drug-likeness (QED) is 0.796. The number of aromatic amines is 1. The van der Waals surface area contributed by atoms with Crippen LogP contribution in [-0.2, 0) is 13.5 Å². The number of H-pyrrole nitrogens is 1. The molecule has 108 valence electrons. The zero-order chi connectivity index (χ0) is 14.5. The number of aromatic nitrogens is 3. The van der Waals surface area contributed by atoms with E-state index in [0.717, 1.165) is 12.2 Å². The number of rotatable bonds is 6. The van der Waals surface area contributed by atoms with Gasteiger partial charge >= 0.3 is 5.69 Å². The summed E-state index contributed by atoms with van der Waals surface area (Å²) in [6.07, 6.45) is 1.05. The molecule has 0 aliphatic heterocycles. The molecule has 1 heterocycles. The van der Waals surface area contributed by atoms with E-state index in [1.165, 1.54) is 15.7 Å². The second-order valence-corrected chi connectivity index (χ2v) is 5.60. The summed E-state index contributed by atoms with van der Waals surface area (Å²) in [6, 6.07) is 8.87. The van der Waals surface area contributed by atoms with Crippen molar-refractivity contribution in [3.63, 3.8) is 0 Å². The highest BCUT2D eigenvalue weighted by molar-refractivity contribution is 7.99. The maximum Gasteiger partial charge on any atom is 0.343 e. The number of nitrogens with one attached hydrogen (secondary N) is 2. The van der Waals surface area contributed by atoms with Gasteiger partial charge in [0.2, 0.25) is 0 Å². The van der Waals surface area contributed by atoms with E-state index in [2.05, 4.69) is 46.7 Å². The number of hydrogen-bond acceptors (Lipinski definition) is 4. The second kappa shape index (κ2) is 6.76. The van der Waals surface area contributed by atoms with E-state index >= 15 is 0 Å². The lowest BCUT2D eigenvalue weighted by molar-refractivity contribution is 0.658. The molecule has 2 rings (SSSR count). The minimum atomic E-state index is -0.180. The molecule has 0 bridgehead atoms. The van der Waals surface area contributed by atoms with E-state index in [0.29, 0.717) is 5.16 Å². The van der Waals surface area contributed by atoms with E-state index in [-0.39, 0.29) is 11.7 Å². The number of hydrogen-bond donors (Lipinski definition) is 2. The number of thioether (sulfide) groups is 1. The summed E-state index contributed by atoms with van der Waals surface area (Å²) >= 11 is 1.56. The van der Waals surface area contributed by atoms with Crippen LogP contribution in [0.2, 0.25) is 0 Å². The molecule has 0 aliphatic rings. The third-order valence-corrected chi connectivity index (χ3v) is 4.48. The molecular formula is C14H20N4OS. The summed E-state index contributed by atoms with van der Waals surface area (Å²) < 4.78 is 1.53. The van der Waals surface area contributed by atoms with Gasteiger partial charge < -0.3 is 5.32 Å². The van der Waals surface area contributed by atoms with Gasteiger partial charge in [-0.3, -0.25) is 4.57 Å². The van der Waals surface area contributed by atoms with Crippen LogP contribution < -0.4 is 11.0 Å². The smallest absolute Gasteiger partial charge is 0.312 e. The number of aryl methyl sites for hydroxylation is 1. The normalized spacial score (nSPS) is 12.6. The van der Waals surface area contributed by atoms with Crippen molar-refractivity contribution < 1.29 is 0 Å². The van der Waals surface area contributed by atoms with E-state index < -0.39 is 0 Å². The van der Waals surface area contributed by atoms with E-state index in [4.69, 9.17) is 0 Å². The Bertz CT molecular complexity index is 602. The standard InChI is InChI=1S/C14H20N4OS/c1-4-10-5-7-11(8-6-10)12(15-2)9-20-14-17-16-13(19)18(14)3/h5-8,12,15H,4,9H2,1-3H3,(H,16,19). The van der Waals surface area contributed by atoms with Gasteiger partial charge in [-0.2, -0.15) is 0 Å². The second-order valence-electron chi connectivity index (χ2n) is 4.62. The predicted octanol–water partition coefficient (Wildman–Crippen LogP) is 1.72. The fourth-order valence-corrected chi connectivity index (χ4v) is 3.01. The maximum absolute atomic E-state index is 11.3. The van der Waals surface area contributed by atoms with Crippen molar-refractivity contribution in [2.24, 2.45) is 7.05 Å². The van der Waals surface area contributed by atoms with E-state index in [9.17, 15) is 4.79 Å². The van der Waals surface area contributed by atoms with Gasteiger partial charge in [0.1, 0.15) is 0 Å². The summed E-state index contributed by atoms with van der Waals surface area (Å²) in [5.74, 6) is 0.820. The van der Waals surface area contributed by atoms with Crippen molar-refractivity contribution >= 4 is 11.8 Å². The van der Waals surface area contributed by atoms with Crippen LogP contribution in [0.15, 0.2) is 34.2 Å². The molecule has 0 saturated carbocycles. The van der Waals surface area contributed by atoms with Crippen LogP contribution in [0.25, 0.3) is 0 Å². The van der Waals surface area contributed by atoms with Crippen molar-refractivity contribution in [3.05, 3.63) is 45.9 Å². The first-order valence-electron chi connectivity index (χ1n) is 6.66. The Kier molecular flexibility index (Phi) is 5.03. The topological polar surface area (TPSA) is 62.7 Å². The van der Waals surface area contributed by atoms with Crippen LogP contribution in [0.5, 0.6) is 0 Å². The lowest BCUT2D eigenvalue weighted by Crippen LogP contribution is -2.19. The Hall–Kier alpha value is -1.53. The number of nitrogens with zero attached hydrogens (tertiary/aromatic N) is 2. The van der Waals surface area contributed by atoms with E-state index in [1.54, 1.807) is 18.8 Å². The monoisotopic (exact) mass is 292 g/mol. The summed E-state index contributed by atoms with van der Waals surface area (Å²) in [6.45, 7) is 2.15. The van der Waals surface area contributed by atoms with Gasteiger partial charge in [0.05, 0.1) is 0 Å². The van der Waals surface area contributed by atoms with Crippen LogP contribution in [-0.4, -0.2) is 27.6 Å². The first-order valence-corrected chi connectivity index (χ1v) is 7.64. The molecule has 1 atom stereocenters. The van der Waals surface area contributed by atoms with Crippen LogP contribution in [0.1, 0.15) is 24.1 Å². The van der Waals surface area contributed by atoms with Gasteiger partial charge in [-0.05, 0) is 24.6 Å². The summed E-state index contributed by atoms with van der Waals surface area (Å²) in [5.41, 5.74) is 2.41. The van der Waals surface area contributed by atoms with Crippen molar-refractivity contribution in [1.82, 2.24) is 20.1 Å². The predicted molar refractivity (Wildman–Crippen MR) is 82.2 cm³/mol. The molecule has 1 aromatic carbocycles. The fraction of sp³-hybridized carbons (Fsp3) is 0.429. The molecule has 0 spiro atoms. The fourth-order valence-electron chi connectivity index (χ4n) is 1.95. The average molecular weight is 292 g/mol. The lowest BCUT2D eigenvalue weighted by atomic mass is 10.1. The molecule has 0 radical (unpaired) electrons. The molecule has 2 aromatic rings. The third-order valence-electron chi connectivity index (χ3n) is 3.36. The molecule has 1 aromatic heterocycles. The molecule has 5 nitrogen and oxygen atoms in total. The van der Waals surface area contributed by atoms with Gasteiger partial charge in [0.25, 0.3) is 0 Å². The lowest BCUT2D eigenvalue weighted by Gasteiger charge is -2.16. The minimum Gasteiger partial charge on any atom is -0.312 e. The Morgan fingerprint density at radius 2 is 2.10 bits per heavy atom.